The molecule has 0 amide bonds. The van der Waals surface area contributed by atoms with Gasteiger partial charge in [0.15, 0.2) is 23.9 Å². The third-order valence-corrected chi connectivity index (χ3v) is 3.35. The first-order valence-electron chi connectivity index (χ1n) is 7.41. The minimum absolute atomic E-state index is 0.105. The fourth-order valence-corrected chi connectivity index (χ4v) is 2.14. The van der Waals surface area contributed by atoms with Crippen LogP contribution in [0, 0.1) is 10.1 Å². The summed E-state index contributed by atoms with van der Waals surface area (Å²) in [5.41, 5.74) is 0.463. The number of nitro groups is 1. The molecule has 2 aromatic carbocycles. The number of ketones is 1. The normalized spacial score (nSPS) is 10.5. The number of allylic oxidation sites excluding steroid dienone is 1. The number of carboxylic acid groups (broad SMARTS) is 1. The van der Waals surface area contributed by atoms with Crippen molar-refractivity contribution >= 4 is 23.5 Å². The third kappa shape index (κ3) is 4.67. The molecule has 0 heterocycles. The average Bonchev–Trinajstić information content (AvgIpc) is 2.64. The molecule has 0 spiro atoms. The van der Waals surface area contributed by atoms with E-state index in [1.54, 1.807) is 6.07 Å². The lowest BCUT2D eigenvalue weighted by atomic mass is 10.1. The van der Waals surface area contributed by atoms with Crippen molar-refractivity contribution in [2.75, 3.05) is 13.7 Å². The molecule has 0 atom stereocenters. The second-order valence-corrected chi connectivity index (χ2v) is 5.06. The lowest BCUT2D eigenvalue weighted by Gasteiger charge is -2.09. The Morgan fingerprint density at radius 3 is 2.58 bits per heavy atom. The Bertz CT molecular complexity index is 874. The monoisotopic (exact) mass is 357 g/mol. The van der Waals surface area contributed by atoms with E-state index in [1.807, 2.05) is 0 Å². The van der Waals surface area contributed by atoms with Gasteiger partial charge in [-0.3, -0.25) is 14.9 Å². The first-order valence-corrected chi connectivity index (χ1v) is 7.41. The first kappa shape index (κ1) is 18.7. The number of ether oxygens (including phenoxy) is 2. The van der Waals surface area contributed by atoms with Crippen LogP contribution in [0.25, 0.3) is 6.08 Å². The predicted octanol–water partition coefficient (Wildman–Crippen LogP) is 2.96. The van der Waals surface area contributed by atoms with Gasteiger partial charge < -0.3 is 14.6 Å². The Kier molecular flexibility index (Phi) is 6.05. The predicted molar refractivity (Wildman–Crippen MR) is 92.6 cm³/mol. The number of carbonyl (C=O) groups excluding carboxylic acids is 1. The number of benzene rings is 2. The van der Waals surface area contributed by atoms with Crippen molar-refractivity contribution in [3.63, 3.8) is 0 Å². The van der Waals surface area contributed by atoms with Gasteiger partial charge in [-0.2, -0.15) is 0 Å². The number of nitrogens with zero attached hydrogens (tertiary/aromatic N) is 1. The topological polar surface area (TPSA) is 116 Å². The Hall–Kier alpha value is -3.68. The maximum Gasteiger partial charge on any atom is 0.341 e. The van der Waals surface area contributed by atoms with Gasteiger partial charge >= 0.3 is 5.97 Å². The summed E-state index contributed by atoms with van der Waals surface area (Å²) in [5.74, 6) is -1.14. The highest BCUT2D eigenvalue weighted by Crippen LogP contribution is 2.28. The number of nitro benzene ring substituents is 1. The van der Waals surface area contributed by atoms with Crippen molar-refractivity contribution in [2.45, 2.75) is 0 Å². The zero-order valence-corrected chi connectivity index (χ0v) is 13.7. The number of para-hydroxylation sites is 1. The quantitative estimate of drug-likeness (QED) is 0.334. The van der Waals surface area contributed by atoms with Crippen molar-refractivity contribution in [1.82, 2.24) is 0 Å². The lowest BCUT2D eigenvalue weighted by molar-refractivity contribution is -0.385. The van der Waals surface area contributed by atoms with Crippen LogP contribution in [0.2, 0.25) is 0 Å². The van der Waals surface area contributed by atoms with Gasteiger partial charge in [0.25, 0.3) is 5.69 Å². The van der Waals surface area contributed by atoms with Gasteiger partial charge in [-0.25, -0.2) is 4.79 Å². The summed E-state index contributed by atoms with van der Waals surface area (Å²) in [6.45, 7) is -0.540. The first-order chi connectivity index (χ1) is 12.4. The van der Waals surface area contributed by atoms with Crippen molar-refractivity contribution in [1.29, 1.82) is 0 Å². The molecule has 0 aliphatic rings. The van der Waals surface area contributed by atoms with Crippen LogP contribution in [0.3, 0.4) is 0 Å². The summed E-state index contributed by atoms with van der Waals surface area (Å²) in [6.07, 6.45) is 2.58. The van der Waals surface area contributed by atoms with Gasteiger partial charge in [0.05, 0.1) is 17.6 Å². The van der Waals surface area contributed by atoms with E-state index in [4.69, 9.17) is 14.6 Å². The van der Waals surface area contributed by atoms with Gasteiger partial charge in [-0.05, 0) is 36.4 Å². The van der Waals surface area contributed by atoms with E-state index in [-0.39, 0.29) is 22.7 Å². The fraction of sp³-hybridized carbons (Fsp3) is 0.111. The number of hydrogen-bond acceptors (Lipinski definition) is 6. The highest BCUT2D eigenvalue weighted by Gasteiger charge is 2.12. The van der Waals surface area contributed by atoms with Gasteiger partial charge in [0.2, 0.25) is 0 Å². The number of aliphatic carboxylic acids is 1. The Balaban J connectivity index is 2.22. The van der Waals surface area contributed by atoms with Gasteiger partial charge in [-0.15, -0.1) is 0 Å². The minimum Gasteiger partial charge on any atom is -0.493 e. The number of methoxy groups -OCH3 is 1. The highest BCUT2D eigenvalue weighted by atomic mass is 16.6. The van der Waals surface area contributed by atoms with E-state index in [0.29, 0.717) is 5.56 Å². The van der Waals surface area contributed by atoms with E-state index in [1.165, 1.54) is 55.7 Å². The summed E-state index contributed by atoms with van der Waals surface area (Å²) >= 11 is 0. The van der Waals surface area contributed by atoms with E-state index in [9.17, 15) is 19.7 Å². The Labute approximate surface area is 148 Å². The van der Waals surface area contributed by atoms with Crippen LogP contribution in [0.4, 0.5) is 5.69 Å². The molecule has 0 aliphatic heterocycles. The third-order valence-electron chi connectivity index (χ3n) is 3.35. The molecule has 26 heavy (non-hydrogen) atoms. The molecule has 2 aromatic rings. The molecule has 1 N–H and O–H groups in total. The van der Waals surface area contributed by atoms with Crippen molar-refractivity contribution in [2.24, 2.45) is 0 Å². The fourth-order valence-electron chi connectivity index (χ4n) is 2.14. The maximum atomic E-state index is 12.3. The largest absolute Gasteiger partial charge is 0.493 e. The Morgan fingerprint density at radius 2 is 1.92 bits per heavy atom. The number of rotatable bonds is 8. The summed E-state index contributed by atoms with van der Waals surface area (Å²) < 4.78 is 10.2. The van der Waals surface area contributed by atoms with Gasteiger partial charge in [-0.1, -0.05) is 12.1 Å². The van der Waals surface area contributed by atoms with Crippen molar-refractivity contribution < 1.29 is 29.1 Å². The molecular formula is C18H15NO7. The molecule has 0 saturated heterocycles. The van der Waals surface area contributed by atoms with E-state index < -0.39 is 23.3 Å². The van der Waals surface area contributed by atoms with Crippen LogP contribution in [-0.2, 0) is 4.79 Å². The molecule has 8 heteroatoms. The molecule has 2 rings (SSSR count). The summed E-state index contributed by atoms with van der Waals surface area (Å²) in [7, 11) is 1.36. The van der Waals surface area contributed by atoms with Crippen LogP contribution in [0.15, 0.2) is 48.5 Å². The summed E-state index contributed by atoms with van der Waals surface area (Å²) in [6, 6.07) is 10.3. The van der Waals surface area contributed by atoms with Crippen molar-refractivity contribution in [3.8, 4) is 11.5 Å². The lowest BCUT2D eigenvalue weighted by Crippen LogP contribution is -2.10. The van der Waals surface area contributed by atoms with Crippen LogP contribution >= 0.6 is 0 Å². The number of hydrogen-bond donors (Lipinski definition) is 1. The molecule has 0 radical (unpaired) electrons. The zero-order valence-electron chi connectivity index (χ0n) is 13.7. The maximum absolute atomic E-state index is 12.3. The molecule has 8 nitrogen and oxygen atoms in total. The summed E-state index contributed by atoms with van der Waals surface area (Å²) in [4.78, 5) is 33.3. The van der Waals surface area contributed by atoms with Crippen LogP contribution < -0.4 is 9.47 Å². The van der Waals surface area contributed by atoms with E-state index >= 15 is 0 Å². The van der Waals surface area contributed by atoms with Gasteiger partial charge in [0.1, 0.15) is 0 Å². The molecule has 134 valence electrons. The second kappa shape index (κ2) is 8.43. The summed E-state index contributed by atoms with van der Waals surface area (Å²) in [5, 5.41) is 19.6. The van der Waals surface area contributed by atoms with E-state index in [0.717, 1.165) is 0 Å². The smallest absolute Gasteiger partial charge is 0.341 e. The molecule has 0 aliphatic carbocycles. The zero-order chi connectivity index (χ0) is 19.1. The average molecular weight is 357 g/mol. The van der Waals surface area contributed by atoms with E-state index in [2.05, 4.69) is 0 Å². The van der Waals surface area contributed by atoms with Crippen LogP contribution in [0.1, 0.15) is 15.9 Å². The van der Waals surface area contributed by atoms with Crippen molar-refractivity contribution in [3.05, 3.63) is 69.8 Å². The molecule has 0 aromatic heterocycles. The van der Waals surface area contributed by atoms with Gasteiger partial charge in [0, 0.05) is 11.6 Å². The molecule has 0 fully saturated rings. The number of carbonyl (C=O) groups is 2. The Morgan fingerprint density at radius 1 is 1.19 bits per heavy atom. The highest BCUT2D eigenvalue weighted by molar-refractivity contribution is 6.07. The SMILES string of the molecule is COc1cc(C(=O)/C=C/c2ccccc2[N+](=O)[O-])ccc1OCC(=O)O. The van der Waals surface area contributed by atoms with Crippen LogP contribution in [0.5, 0.6) is 11.5 Å². The van der Waals surface area contributed by atoms with Crippen LogP contribution in [-0.4, -0.2) is 35.5 Å². The number of carboxylic acids is 1. The molecular weight excluding hydrogens is 342 g/mol. The molecule has 0 bridgehead atoms. The standard InChI is InChI=1S/C18H15NO7/c1-25-17-10-13(7-9-16(17)26-11-18(21)22)15(20)8-6-12-4-2-3-5-14(12)19(23)24/h2-10H,11H2,1H3,(H,21,22)/b8-6+. The second-order valence-electron chi connectivity index (χ2n) is 5.06. The molecule has 0 unspecified atom stereocenters. The molecule has 0 saturated carbocycles. The minimum atomic E-state index is -1.14.